The summed E-state index contributed by atoms with van der Waals surface area (Å²) in [6, 6.07) is 0. The molecule has 1 rings (SSSR count). The van der Waals surface area contributed by atoms with Crippen LogP contribution in [-0.4, -0.2) is 5.97 Å². The number of carboxylic acids is 1. The van der Waals surface area contributed by atoms with Crippen molar-refractivity contribution in [2.45, 2.75) is 39.0 Å². The lowest BCUT2D eigenvalue weighted by atomic mass is 9.81. The van der Waals surface area contributed by atoms with Crippen molar-refractivity contribution >= 4 is 5.97 Å². The molecular weight excluding hydrogens is 140 g/mol. The second kappa shape index (κ2) is 3.74. The van der Waals surface area contributed by atoms with Crippen molar-refractivity contribution in [2.24, 2.45) is 11.8 Å². The third-order valence-electron chi connectivity index (χ3n) is 2.76. The van der Waals surface area contributed by atoms with Crippen LogP contribution in [0.1, 0.15) is 39.0 Å². The Morgan fingerprint density at radius 1 is 1.36 bits per heavy atom. The Balaban J connectivity index is 2.30. The van der Waals surface area contributed by atoms with Gasteiger partial charge in [0.1, 0.15) is 0 Å². The van der Waals surface area contributed by atoms with Gasteiger partial charge in [-0.1, -0.05) is 13.3 Å². The van der Waals surface area contributed by atoms with Gasteiger partial charge >= 0.3 is 0 Å². The molecule has 1 fully saturated rings. The molecule has 0 spiro atoms. The summed E-state index contributed by atoms with van der Waals surface area (Å²) in [5.41, 5.74) is 0. The summed E-state index contributed by atoms with van der Waals surface area (Å²) in [4.78, 5) is 10.4. The number of carboxylic acid groups (broad SMARTS) is 1. The number of hydrogen-bond acceptors (Lipinski definition) is 2. The van der Waals surface area contributed by atoms with Crippen LogP contribution in [0.2, 0.25) is 0 Å². The molecule has 0 radical (unpaired) electrons. The average Bonchev–Trinajstić information content (AvgIpc) is 2.05. The van der Waals surface area contributed by atoms with Gasteiger partial charge in [0.15, 0.2) is 0 Å². The Morgan fingerprint density at radius 3 is 2.27 bits per heavy atom. The second-order valence-electron chi connectivity index (χ2n) is 3.44. The van der Waals surface area contributed by atoms with Crippen LogP contribution in [0.25, 0.3) is 0 Å². The third-order valence-corrected chi connectivity index (χ3v) is 2.76. The molecule has 0 aliphatic heterocycles. The smallest absolute Gasteiger partial charge is 0.0445 e. The molecule has 1 saturated carbocycles. The molecule has 0 heterocycles. The first-order chi connectivity index (χ1) is 5.24. The first-order valence-electron chi connectivity index (χ1n) is 4.45. The van der Waals surface area contributed by atoms with Crippen LogP contribution in [0.3, 0.4) is 0 Å². The quantitative estimate of drug-likeness (QED) is 0.595. The molecule has 0 saturated heterocycles. The Morgan fingerprint density at radius 2 is 1.91 bits per heavy atom. The molecule has 64 valence electrons. The van der Waals surface area contributed by atoms with Crippen molar-refractivity contribution in [1.82, 2.24) is 0 Å². The molecular formula is C9H15O2-. The molecule has 0 aromatic carbocycles. The molecule has 0 N–H and O–H groups in total. The molecule has 0 bridgehead atoms. The van der Waals surface area contributed by atoms with Gasteiger partial charge < -0.3 is 9.90 Å². The summed E-state index contributed by atoms with van der Waals surface area (Å²) in [6.45, 7) is 2.17. The van der Waals surface area contributed by atoms with E-state index in [-0.39, 0.29) is 5.92 Å². The zero-order valence-corrected chi connectivity index (χ0v) is 7.01. The summed E-state index contributed by atoms with van der Waals surface area (Å²) in [5, 5.41) is 10.4. The maximum atomic E-state index is 10.4. The van der Waals surface area contributed by atoms with Crippen molar-refractivity contribution in [1.29, 1.82) is 0 Å². The highest BCUT2D eigenvalue weighted by Crippen LogP contribution is 2.29. The summed E-state index contributed by atoms with van der Waals surface area (Å²) < 4.78 is 0. The molecule has 0 atom stereocenters. The first-order valence-corrected chi connectivity index (χ1v) is 4.45. The van der Waals surface area contributed by atoms with Gasteiger partial charge in [0, 0.05) is 5.97 Å². The van der Waals surface area contributed by atoms with Crippen LogP contribution >= 0.6 is 0 Å². The van der Waals surface area contributed by atoms with Gasteiger partial charge in [-0.2, -0.15) is 0 Å². The van der Waals surface area contributed by atoms with Crippen molar-refractivity contribution in [3.8, 4) is 0 Å². The lowest BCUT2D eigenvalue weighted by molar-refractivity contribution is -0.312. The van der Waals surface area contributed by atoms with Gasteiger partial charge in [0.25, 0.3) is 0 Å². The van der Waals surface area contributed by atoms with E-state index in [0.29, 0.717) is 0 Å². The number of hydrogen-bond donors (Lipinski definition) is 0. The van der Waals surface area contributed by atoms with Crippen LogP contribution in [0.5, 0.6) is 0 Å². The first kappa shape index (κ1) is 8.57. The van der Waals surface area contributed by atoms with Crippen molar-refractivity contribution in [3.63, 3.8) is 0 Å². The van der Waals surface area contributed by atoms with E-state index in [1.807, 2.05) is 0 Å². The third kappa shape index (κ3) is 2.21. The van der Waals surface area contributed by atoms with Crippen LogP contribution < -0.4 is 5.11 Å². The van der Waals surface area contributed by atoms with Crippen LogP contribution in [0.15, 0.2) is 0 Å². The van der Waals surface area contributed by atoms with Gasteiger partial charge in [0.2, 0.25) is 0 Å². The summed E-state index contributed by atoms with van der Waals surface area (Å²) in [7, 11) is 0. The van der Waals surface area contributed by atoms with Gasteiger partial charge in [-0.15, -0.1) is 0 Å². The Labute approximate surface area is 67.6 Å². The second-order valence-corrected chi connectivity index (χ2v) is 3.44. The number of carbonyl (C=O) groups is 1. The van der Waals surface area contributed by atoms with Gasteiger partial charge in [-0.25, -0.2) is 0 Å². The minimum atomic E-state index is -0.848. The normalized spacial score (nSPS) is 31.7. The number of rotatable bonds is 2. The average molecular weight is 155 g/mol. The maximum absolute atomic E-state index is 10.4. The Hall–Kier alpha value is -0.530. The van der Waals surface area contributed by atoms with E-state index in [2.05, 4.69) is 6.92 Å². The fourth-order valence-corrected chi connectivity index (χ4v) is 1.81. The fourth-order valence-electron chi connectivity index (χ4n) is 1.81. The molecule has 0 aromatic heterocycles. The zero-order valence-electron chi connectivity index (χ0n) is 7.01. The van der Waals surface area contributed by atoms with E-state index in [1.54, 1.807) is 0 Å². The summed E-state index contributed by atoms with van der Waals surface area (Å²) in [6.07, 6.45) is 5.02. The minimum absolute atomic E-state index is 0.155. The lowest BCUT2D eigenvalue weighted by Crippen LogP contribution is -2.33. The Bertz CT molecular complexity index is 134. The lowest BCUT2D eigenvalue weighted by Gasteiger charge is -2.28. The van der Waals surface area contributed by atoms with E-state index in [0.717, 1.165) is 31.6 Å². The van der Waals surface area contributed by atoms with E-state index in [9.17, 15) is 9.90 Å². The molecule has 0 aromatic rings. The van der Waals surface area contributed by atoms with E-state index >= 15 is 0 Å². The predicted octanol–water partition coefficient (Wildman–Crippen LogP) is 0.953. The van der Waals surface area contributed by atoms with Crippen molar-refractivity contribution in [3.05, 3.63) is 0 Å². The summed E-state index contributed by atoms with van der Waals surface area (Å²) >= 11 is 0. The monoisotopic (exact) mass is 155 g/mol. The largest absolute Gasteiger partial charge is 0.550 e. The molecule has 0 unspecified atom stereocenters. The molecule has 2 heteroatoms. The Kier molecular flexibility index (Phi) is 2.92. The molecule has 1 aliphatic carbocycles. The summed E-state index contributed by atoms with van der Waals surface area (Å²) in [5.74, 6) is -0.233. The molecule has 0 amide bonds. The SMILES string of the molecule is CCC1CCC(C(=O)[O-])CC1. The zero-order chi connectivity index (χ0) is 8.27. The predicted molar refractivity (Wildman–Crippen MR) is 40.7 cm³/mol. The maximum Gasteiger partial charge on any atom is 0.0445 e. The van der Waals surface area contributed by atoms with Crippen LogP contribution in [-0.2, 0) is 4.79 Å². The van der Waals surface area contributed by atoms with E-state index in [4.69, 9.17) is 0 Å². The fraction of sp³-hybridized carbons (Fsp3) is 0.889. The highest BCUT2D eigenvalue weighted by atomic mass is 16.4. The topological polar surface area (TPSA) is 40.1 Å². The van der Waals surface area contributed by atoms with Crippen LogP contribution in [0.4, 0.5) is 0 Å². The van der Waals surface area contributed by atoms with E-state index < -0.39 is 5.97 Å². The minimum Gasteiger partial charge on any atom is -0.550 e. The van der Waals surface area contributed by atoms with Gasteiger partial charge in [-0.3, -0.25) is 0 Å². The van der Waals surface area contributed by atoms with E-state index in [1.165, 1.54) is 6.42 Å². The molecule has 2 nitrogen and oxygen atoms in total. The molecule has 11 heavy (non-hydrogen) atoms. The standard InChI is InChI=1S/C9H16O2/c1-2-7-3-5-8(6-4-7)9(10)11/h7-8H,2-6H2,1H3,(H,10,11)/p-1. The van der Waals surface area contributed by atoms with Crippen LogP contribution in [0, 0.1) is 11.8 Å². The highest BCUT2D eigenvalue weighted by Gasteiger charge is 2.20. The number of aliphatic carboxylic acids is 1. The van der Waals surface area contributed by atoms with Crippen molar-refractivity contribution in [2.75, 3.05) is 0 Å². The number of carbonyl (C=O) groups excluding carboxylic acids is 1. The van der Waals surface area contributed by atoms with Gasteiger partial charge in [0.05, 0.1) is 0 Å². The van der Waals surface area contributed by atoms with Crippen molar-refractivity contribution < 1.29 is 9.90 Å². The van der Waals surface area contributed by atoms with Gasteiger partial charge in [-0.05, 0) is 37.5 Å². The highest BCUT2D eigenvalue weighted by molar-refractivity contribution is 5.67. The molecule has 1 aliphatic rings.